The predicted octanol–water partition coefficient (Wildman–Crippen LogP) is 3.49. The van der Waals surface area contributed by atoms with Crippen LogP contribution in [0.5, 0.6) is 0 Å². The first-order valence-electron chi connectivity index (χ1n) is 4.52. The molecule has 2 aromatic rings. The first-order valence-corrected chi connectivity index (χ1v) is 6.48. The van der Waals surface area contributed by atoms with Crippen LogP contribution in [0.4, 0.5) is 11.8 Å². The normalized spacial score (nSPS) is 10.5. The SMILES string of the molecule is Nc1ncc(-c2cc(Br)c(Cl)cc2Br)c(N)n1. The van der Waals surface area contributed by atoms with Crippen molar-refractivity contribution < 1.29 is 0 Å². The van der Waals surface area contributed by atoms with Crippen LogP contribution in [0.2, 0.25) is 5.02 Å². The standard InChI is InChI=1S/C10H7Br2ClN4/c11-6-2-8(13)7(12)1-4(6)5-3-16-10(15)17-9(5)14/h1-3H,(H4,14,15,16,17). The fraction of sp³-hybridized carbons (Fsp3) is 0. The summed E-state index contributed by atoms with van der Waals surface area (Å²) in [5.41, 5.74) is 12.8. The molecular formula is C10H7Br2ClN4. The van der Waals surface area contributed by atoms with Gasteiger partial charge in [-0.05, 0) is 28.1 Å². The third-order valence-corrected chi connectivity index (χ3v) is 3.99. The summed E-state index contributed by atoms with van der Waals surface area (Å²) < 4.78 is 1.58. The summed E-state index contributed by atoms with van der Waals surface area (Å²) >= 11 is 12.8. The van der Waals surface area contributed by atoms with Gasteiger partial charge in [0.2, 0.25) is 5.95 Å². The topological polar surface area (TPSA) is 77.8 Å². The van der Waals surface area contributed by atoms with E-state index in [1.165, 1.54) is 0 Å². The fourth-order valence-electron chi connectivity index (χ4n) is 1.35. The van der Waals surface area contributed by atoms with Crippen molar-refractivity contribution in [2.75, 3.05) is 11.5 Å². The highest BCUT2D eigenvalue weighted by molar-refractivity contribution is 9.11. The summed E-state index contributed by atoms with van der Waals surface area (Å²) in [6.07, 6.45) is 1.58. The second-order valence-electron chi connectivity index (χ2n) is 3.27. The first-order chi connectivity index (χ1) is 7.99. The van der Waals surface area contributed by atoms with Crippen LogP contribution >= 0.6 is 43.5 Å². The van der Waals surface area contributed by atoms with Crippen molar-refractivity contribution in [3.05, 3.63) is 32.3 Å². The average molecular weight is 378 g/mol. The molecule has 7 heteroatoms. The lowest BCUT2D eigenvalue weighted by molar-refractivity contribution is 1.19. The molecule has 0 amide bonds. The number of hydrogen-bond donors (Lipinski definition) is 2. The van der Waals surface area contributed by atoms with Crippen LogP contribution < -0.4 is 11.5 Å². The van der Waals surface area contributed by atoms with E-state index in [1.807, 2.05) is 6.07 Å². The van der Waals surface area contributed by atoms with Crippen molar-refractivity contribution in [2.24, 2.45) is 0 Å². The molecule has 0 aliphatic rings. The largest absolute Gasteiger partial charge is 0.383 e. The molecule has 0 spiro atoms. The van der Waals surface area contributed by atoms with Gasteiger partial charge < -0.3 is 11.5 Å². The zero-order chi connectivity index (χ0) is 12.6. The molecule has 4 nitrogen and oxygen atoms in total. The number of aromatic nitrogens is 2. The summed E-state index contributed by atoms with van der Waals surface area (Å²) in [6, 6.07) is 3.62. The zero-order valence-corrected chi connectivity index (χ0v) is 12.3. The number of anilines is 2. The first kappa shape index (κ1) is 12.6. The van der Waals surface area contributed by atoms with Crippen molar-refractivity contribution in [2.45, 2.75) is 0 Å². The van der Waals surface area contributed by atoms with Crippen LogP contribution in [-0.4, -0.2) is 9.97 Å². The van der Waals surface area contributed by atoms with Gasteiger partial charge in [-0.3, -0.25) is 0 Å². The number of nitrogens with zero attached hydrogens (tertiary/aromatic N) is 2. The highest BCUT2D eigenvalue weighted by Crippen LogP contribution is 2.37. The van der Waals surface area contributed by atoms with E-state index in [0.717, 1.165) is 14.5 Å². The van der Waals surface area contributed by atoms with Crippen LogP contribution in [-0.2, 0) is 0 Å². The second kappa shape index (κ2) is 4.80. The maximum Gasteiger partial charge on any atom is 0.221 e. The molecule has 17 heavy (non-hydrogen) atoms. The number of nitrogen functional groups attached to an aromatic ring is 2. The zero-order valence-electron chi connectivity index (χ0n) is 8.42. The van der Waals surface area contributed by atoms with Gasteiger partial charge in [0.1, 0.15) is 5.82 Å². The average Bonchev–Trinajstić information content (AvgIpc) is 2.24. The summed E-state index contributed by atoms with van der Waals surface area (Å²) in [5, 5.41) is 0.607. The Morgan fingerprint density at radius 1 is 1.06 bits per heavy atom. The number of benzene rings is 1. The van der Waals surface area contributed by atoms with Crippen LogP contribution in [0.1, 0.15) is 0 Å². The van der Waals surface area contributed by atoms with Gasteiger partial charge >= 0.3 is 0 Å². The van der Waals surface area contributed by atoms with E-state index in [0.29, 0.717) is 16.4 Å². The Morgan fingerprint density at radius 3 is 2.41 bits per heavy atom. The van der Waals surface area contributed by atoms with Gasteiger partial charge in [-0.15, -0.1) is 0 Å². The quantitative estimate of drug-likeness (QED) is 0.745. The number of rotatable bonds is 1. The van der Waals surface area contributed by atoms with Gasteiger partial charge in [-0.25, -0.2) is 4.98 Å². The van der Waals surface area contributed by atoms with Crippen molar-refractivity contribution in [3.63, 3.8) is 0 Å². The summed E-state index contributed by atoms with van der Waals surface area (Å²) in [7, 11) is 0. The molecule has 0 aliphatic heterocycles. The van der Waals surface area contributed by atoms with Crippen LogP contribution in [0.25, 0.3) is 11.1 Å². The lowest BCUT2D eigenvalue weighted by atomic mass is 10.1. The summed E-state index contributed by atoms with van der Waals surface area (Å²) in [5.74, 6) is 0.475. The van der Waals surface area contributed by atoms with Crippen LogP contribution in [0.3, 0.4) is 0 Å². The number of hydrogen-bond acceptors (Lipinski definition) is 4. The Bertz CT molecular complexity index is 589. The molecule has 0 aliphatic carbocycles. The molecule has 1 aromatic heterocycles. The van der Waals surface area contributed by atoms with Gasteiger partial charge in [-0.1, -0.05) is 27.5 Å². The molecule has 2 rings (SSSR count). The van der Waals surface area contributed by atoms with Crippen molar-refractivity contribution in [1.29, 1.82) is 0 Å². The van der Waals surface area contributed by atoms with Crippen molar-refractivity contribution in [3.8, 4) is 11.1 Å². The third-order valence-electron chi connectivity index (χ3n) is 2.14. The summed E-state index contributed by atoms with van der Waals surface area (Å²) in [6.45, 7) is 0. The lowest BCUT2D eigenvalue weighted by Crippen LogP contribution is -2.01. The van der Waals surface area contributed by atoms with Gasteiger partial charge in [-0.2, -0.15) is 4.98 Å². The predicted molar refractivity (Wildman–Crippen MR) is 76.7 cm³/mol. The summed E-state index contributed by atoms with van der Waals surface area (Å²) in [4.78, 5) is 7.85. The Hall–Kier alpha value is -0.850. The number of nitrogens with two attached hydrogens (primary N) is 2. The molecule has 0 saturated carbocycles. The van der Waals surface area contributed by atoms with E-state index >= 15 is 0 Å². The minimum absolute atomic E-state index is 0.149. The van der Waals surface area contributed by atoms with E-state index in [2.05, 4.69) is 41.8 Å². The van der Waals surface area contributed by atoms with E-state index in [4.69, 9.17) is 23.1 Å². The van der Waals surface area contributed by atoms with Gasteiger partial charge in [0.15, 0.2) is 0 Å². The molecule has 1 aromatic carbocycles. The molecule has 0 fully saturated rings. The molecular weight excluding hydrogens is 371 g/mol. The van der Waals surface area contributed by atoms with Crippen LogP contribution in [0, 0.1) is 0 Å². The minimum Gasteiger partial charge on any atom is -0.383 e. The molecule has 0 unspecified atom stereocenters. The number of halogens is 3. The van der Waals surface area contributed by atoms with Gasteiger partial charge in [0, 0.05) is 26.3 Å². The Morgan fingerprint density at radius 2 is 1.76 bits per heavy atom. The van der Waals surface area contributed by atoms with Gasteiger partial charge in [0.25, 0.3) is 0 Å². The maximum absolute atomic E-state index is 5.98. The molecule has 0 atom stereocenters. The molecule has 88 valence electrons. The Labute approximate surface area is 120 Å². The second-order valence-corrected chi connectivity index (χ2v) is 5.39. The fourth-order valence-corrected chi connectivity index (χ4v) is 2.54. The highest BCUT2D eigenvalue weighted by Gasteiger charge is 2.11. The van der Waals surface area contributed by atoms with Crippen molar-refractivity contribution in [1.82, 2.24) is 9.97 Å². The monoisotopic (exact) mass is 376 g/mol. The highest BCUT2D eigenvalue weighted by atomic mass is 79.9. The van der Waals surface area contributed by atoms with Gasteiger partial charge in [0.05, 0.1) is 5.02 Å². The van der Waals surface area contributed by atoms with Crippen molar-refractivity contribution >= 4 is 55.2 Å². The molecule has 1 heterocycles. The van der Waals surface area contributed by atoms with E-state index < -0.39 is 0 Å². The molecule has 4 N–H and O–H groups in total. The van der Waals surface area contributed by atoms with E-state index in [9.17, 15) is 0 Å². The van der Waals surface area contributed by atoms with E-state index in [1.54, 1.807) is 12.3 Å². The van der Waals surface area contributed by atoms with Crippen LogP contribution in [0.15, 0.2) is 27.3 Å². The molecule has 0 bridgehead atoms. The Balaban J connectivity index is 2.64. The lowest BCUT2D eigenvalue weighted by Gasteiger charge is -2.09. The smallest absolute Gasteiger partial charge is 0.221 e. The third kappa shape index (κ3) is 2.53. The maximum atomic E-state index is 5.98. The molecule has 0 radical (unpaired) electrons. The minimum atomic E-state index is 0.149. The molecule has 0 saturated heterocycles. The van der Waals surface area contributed by atoms with E-state index in [-0.39, 0.29) is 5.95 Å². The Kier molecular flexibility index (Phi) is 3.56.